The first-order valence-corrected chi connectivity index (χ1v) is 13.1. The number of fused-ring (bicyclic) bond motifs is 2. The maximum Gasteiger partial charge on any atom is 0.432 e. The van der Waals surface area contributed by atoms with Gasteiger partial charge < -0.3 is 19.3 Å². The number of amides is 1. The van der Waals surface area contributed by atoms with Crippen LogP contribution in [0.1, 0.15) is 42.5 Å². The topological polar surface area (TPSA) is 89.6 Å². The predicted octanol–water partition coefficient (Wildman–Crippen LogP) is 6.16. The second-order valence-corrected chi connectivity index (χ2v) is 10.2. The van der Waals surface area contributed by atoms with Crippen LogP contribution in [-0.2, 0) is 16.1 Å². The minimum absolute atomic E-state index is 0.144. The Bertz CT molecular complexity index is 1650. The van der Waals surface area contributed by atoms with Crippen molar-refractivity contribution < 1.29 is 23.8 Å². The van der Waals surface area contributed by atoms with E-state index in [1.54, 1.807) is 24.1 Å². The summed E-state index contributed by atoms with van der Waals surface area (Å²) in [4.78, 5) is 24.5. The van der Waals surface area contributed by atoms with E-state index >= 15 is 0 Å². The summed E-state index contributed by atoms with van der Waals surface area (Å²) in [5.41, 5.74) is 5.66. The number of hydrogen-bond acceptors (Lipinski definition) is 4. The predicted molar refractivity (Wildman–Crippen MR) is 152 cm³/mol. The molecule has 206 valence electrons. The lowest BCUT2D eigenvalue weighted by Gasteiger charge is -2.37. The Kier molecular flexibility index (Phi) is 7.66. The van der Waals surface area contributed by atoms with E-state index in [1.807, 2.05) is 42.5 Å². The first-order valence-electron chi connectivity index (χ1n) is 13.1. The minimum atomic E-state index is -1.14. The molecule has 1 fully saturated rings. The number of ether oxygens (including phenoxy) is 1. The standard InChI is InChI=1S/C23H21FN4O3.C8H10O/c1-13(2)22-21(15-10-26(11-15)12-29)18-8-19-14(9-25-28(19)23(30)31)7-20(18)27(22)17-5-3-16(24)4-6-17;1-9-7-8-5-3-2-4-6-8/h3-9,12-13,15H,10-11H2,1-2H3,(H,30,31);2-6H,7H2,1H3. The zero-order valence-corrected chi connectivity index (χ0v) is 22.6. The van der Waals surface area contributed by atoms with Gasteiger partial charge in [-0.1, -0.05) is 44.2 Å². The van der Waals surface area contributed by atoms with E-state index in [1.165, 1.54) is 23.9 Å². The molecule has 0 atom stereocenters. The molecular formula is C31H31FN4O4. The Hall–Kier alpha value is -4.50. The third kappa shape index (κ3) is 5.08. The molecule has 6 rings (SSSR count). The molecular weight excluding hydrogens is 511 g/mol. The number of carbonyl (C=O) groups is 2. The highest BCUT2D eigenvalue weighted by atomic mass is 19.1. The van der Waals surface area contributed by atoms with Crippen LogP contribution < -0.4 is 0 Å². The van der Waals surface area contributed by atoms with Gasteiger partial charge in [-0.15, -0.1) is 0 Å². The number of nitrogens with zero attached hydrogens (tertiary/aromatic N) is 4. The third-order valence-electron chi connectivity index (χ3n) is 7.17. The van der Waals surface area contributed by atoms with E-state index < -0.39 is 6.09 Å². The van der Waals surface area contributed by atoms with Crippen molar-refractivity contribution in [2.45, 2.75) is 32.3 Å². The summed E-state index contributed by atoms with van der Waals surface area (Å²) in [6, 6.07) is 20.3. The number of hydrogen-bond donors (Lipinski definition) is 1. The largest absolute Gasteiger partial charge is 0.463 e. The summed E-state index contributed by atoms with van der Waals surface area (Å²) >= 11 is 0. The number of methoxy groups -OCH3 is 1. The number of aromatic nitrogens is 3. The molecule has 1 amide bonds. The molecule has 0 radical (unpaired) electrons. The number of benzene rings is 3. The SMILES string of the molecule is CC(C)c1c(C2CN(C=O)C2)c2cc3c(cnn3C(=O)O)cc2n1-c1ccc(F)cc1.COCc1ccccc1. The van der Waals surface area contributed by atoms with Crippen LogP contribution in [0.3, 0.4) is 0 Å². The molecule has 40 heavy (non-hydrogen) atoms. The molecule has 1 saturated heterocycles. The van der Waals surface area contributed by atoms with Gasteiger partial charge in [0, 0.05) is 48.3 Å². The highest BCUT2D eigenvalue weighted by Gasteiger charge is 2.34. The Morgan fingerprint density at radius 1 is 1.10 bits per heavy atom. The molecule has 0 bridgehead atoms. The summed E-state index contributed by atoms with van der Waals surface area (Å²) < 4.78 is 21.6. The van der Waals surface area contributed by atoms with Gasteiger partial charge >= 0.3 is 6.09 Å². The van der Waals surface area contributed by atoms with Crippen molar-refractivity contribution in [1.82, 2.24) is 19.2 Å². The van der Waals surface area contributed by atoms with E-state index in [2.05, 4.69) is 23.5 Å². The number of carboxylic acid groups (broad SMARTS) is 1. The van der Waals surface area contributed by atoms with Crippen molar-refractivity contribution >= 4 is 34.3 Å². The summed E-state index contributed by atoms with van der Waals surface area (Å²) in [7, 11) is 1.70. The van der Waals surface area contributed by atoms with E-state index in [0.717, 1.165) is 38.9 Å². The summed E-state index contributed by atoms with van der Waals surface area (Å²) in [5, 5.41) is 15.2. The van der Waals surface area contributed by atoms with Gasteiger partial charge in [0.2, 0.25) is 6.41 Å². The van der Waals surface area contributed by atoms with Gasteiger partial charge in [0.25, 0.3) is 0 Å². The quantitative estimate of drug-likeness (QED) is 0.260. The van der Waals surface area contributed by atoms with Crippen LogP contribution >= 0.6 is 0 Å². The molecule has 0 saturated carbocycles. The molecule has 3 heterocycles. The van der Waals surface area contributed by atoms with Crippen molar-refractivity contribution in [3.05, 3.63) is 95.6 Å². The van der Waals surface area contributed by atoms with Crippen LogP contribution in [0, 0.1) is 5.82 Å². The fourth-order valence-corrected chi connectivity index (χ4v) is 5.39. The lowest BCUT2D eigenvalue weighted by atomic mass is 9.87. The maximum atomic E-state index is 13.6. The normalized spacial score (nSPS) is 13.4. The van der Waals surface area contributed by atoms with E-state index in [9.17, 15) is 19.1 Å². The fourth-order valence-electron chi connectivity index (χ4n) is 5.39. The second-order valence-electron chi connectivity index (χ2n) is 10.2. The maximum absolute atomic E-state index is 13.6. The van der Waals surface area contributed by atoms with Gasteiger partial charge in [0.05, 0.1) is 23.8 Å². The van der Waals surface area contributed by atoms with Gasteiger partial charge in [-0.3, -0.25) is 4.79 Å². The Morgan fingerprint density at radius 2 is 1.80 bits per heavy atom. The number of carbonyl (C=O) groups excluding carboxylic acids is 1. The average molecular weight is 543 g/mol. The Balaban J connectivity index is 0.000000306. The summed E-state index contributed by atoms with van der Waals surface area (Å²) in [6.07, 6.45) is 1.24. The van der Waals surface area contributed by atoms with Gasteiger partial charge in [-0.25, -0.2) is 9.18 Å². The molecule has 8 nitrogen and oxygen atoms in total. The van der Waals surface area contributed by atoms with Crippen molar-refractivity contribution in [3.63, 3.8) is 0 Å². The fraction of sp³-hybridized carbons (Fsp3) is 0.258. The van der Waals surface area contributed by atoms with E-state index in [4.69, 9.17) is 4.74 Å². The highest BCUT2D eigenvalue weighted by molar-refractivity contribution is 6.01. The van der Waals surface area contributed by atoms with Gasteiger partial charge in [-0.05, 0) is 53.4 Å². The average Bonchev–Trinajstić information content (AvgIpc) is 3.48. The Morgan fingerprint density at radius 3 is 2.40 bits per heavy atom. The van der Waals surface area contributed by atoms with Crippen LogP contribution in [0.4, 0.5) is 9.18 Å². The van der Waals surface area contributed by atoms with Crippen molar-refractivity contribution in [3.8, 4) is 5.69 Å². The molecule has 3 aromatic carbocycles. The molecule has 1 N–H and O–H groups in total. The lowest BCUT2D eigenvalue weighted by molar-refractivity contribution is -0.122. The first kappa shape index (κ1) is 27.1. The van der Waals surface area contributed by atoms with Crippen molar-refractivity contribution in [2.75, 3.05) is 20.2 Å². The molecule has 1 aliphatic heterocycles. The van der Waals surface area contributed by atoms with Gasteiger partial charge in [-0.2, -0.15) is 9.78 Å². The number of halogens is 1. The monoisotopic (exact) mass is 542 g/mol. The molecule has 0 spiro atoms. The Labute approximate surface area is 231 Å². The van der Waals surface area contributed by atoms with Crippen molar-refractivity contribution in [1.29, 1.82) is 0 Å². The smallest absolute Gasteiger partial charge is 0.432 e. The third-order valence-corrected chi connectivity index (χ3v) is 7.17. The van der Waals surface area contributed by atoms with Crippen LogP contribution in [-0.4, -0.2) is 57.1 Å². The minimum Gasteiger partial charge on any atom is -0.463 e. The highest BCUT2D eigenvalue weighted by Crippen LogP contribution is 2.42. The zero-order valence-electron chi connectivity index (χ0n) is 22.6. The molecule has 1 aliphatic rings. The number of rotatable bonds is 6. The van der Waals surface area contributed by atoms with Gasteiger partial charge in [0.1, 0.15) is 5.82 Å². The van der Waals surface area contributed by atoms with E-state index in [0.29, 0.717) is 30.6 Å². The first-order chi connectivity index (χ1) is 19.3. The molecule has 9 heteroatoms. The zero-order chi connectivity index (χ0) is 28.4. The van der Waals surface area contributed by atoms with Crippen LogP contribution in [0.25, 0.3) is 27.5 Å². The van der Waals surface area contributed by atoms with Crippen molar-refractivity contribution in [2.24, 2.45) is 0 Å². The van der Waals surface area contributed by atoms with Crippen LogP contribution in [0.15, 0.2) is 72.9 Å². The molecule has 2 aromatic heterocycles. The lowest BCUT2D eigenvalue weighted by Crippen LogP contribution is -2.44. The summed E-state index contributed by atoms with van der Waals surface area (Å²) in [6.45, 7) is 6.14. The van der Waals surface area contributed by atoms with E-state index in [-0.39, 0.29) is 17.7 Å². The van der Waals surface area contributed by atoms with Crippen LogP contribution in [0.2, 0.25) is 0 Å². The summed E-state index contributed by atoms with van der Waals surface area (Å²) in [5.74, 6) is -0.0143. The molecule has 0 aliphatic carbocycles. The molecule has 0 unspecified atom stereocenters. The number of likely N-dealkylation sites (tertiary alicyclic amines) is 1. The van der Waals surface area contributed by atoms with Crippen LogP contribution in [0.5, 0.6) is 0 Å². The second kappa shape index (κ2) is 11.3. The molecule has 5 aromatic rings. The van der Waals surface area contributed by atoms with Gasteiger partial charge in [0.15, 0.2) is 0 Å².